The summed E-state index contributed by atoms with van der Waals surface area (Å²) in [5.74, 6) is 0. The molecule has 0 aliphatic carbocycles. The molecule has 0 aliphatic rings. The van der Waals surface area contributed by atoms with Crippen molar-refractivity contribution >= 4 is 10.8 Å². The molecule has 0 aliphatic heterocycles. The van der Waals surface area contributed by atoms with Crippen molar-refractivity contribution in [2.45, 2.75) is 110 Å². The summed E-state index contributed by atoms with van der Waals surface area (Å²) in [5, 5.41) is 2.74. The highest BCUT2D eigenvalue weighted by molar-refractivity contribution is 5.82. The molecule has 0 fully saturated rings. The van der Waals surface area contributed by atoms with Crippen molar-refractivity contribution in [1.29, 1.82) is 0 Å². The summed E-state index contributed by atoms with van der Waals surface area (Å²) >= 11 is 0. The first-order valence-corrected chi connectivity index (χ1v) is 12.5. The molecule has 0 bridgehead atoms. The Labute approximate surface area is 180 Å². The lowest BCUT2D eigenvalue weighted by Crippen LogP contribution is -1.87. The number of rotatable bonds is 17. The van der Waals surface area contributed by atoms with Crippen LogP contribution < -0.4 is 0 Å². The van der Waals surface area contributed by atoms with E-state index in [2.05, 4.69) is 61.5 Å². The highest BCUT2D eigenvalue weighted by Gasteiger charge is 1.98. The molecule has 0 saturated heterocycles. The summed E-state index contributed by atoms with van der Waals surface area (Å²) in [5.41, 5.74) is 1.50. The Kier molecular flexibility index (Phi) is 13.3. The average Bonchev–Trinajstić information content (AvgIpc) is 2.76. The van der Waals surface area contributed by atoms with Gasteiger partial charge in [-0.15, -0.1) is 0 Å². The molecule has 2 aromatic rings. The Morgan fingerprint density at radius 2 is 1.10 bits per heavy atom. The van der Waals surface area contributed by atoms with E-state index in [9.17, 15) is 0 Å². The van der Waals surface area contributed by atoms with E-state index in [4.69, 9.17) is 0 Å². The van der Waals surface area contributed by atoms with Crippen LogP contribution in [0.5, 0.6) is 0 Å². The van der Waals surface area contributed by atoms with Crippen molar-refractivity contribution in [2.24, 2.45) is 0 Å². The van der Waals surface area contributed by atoms with Crippen LogP contribution in [0.25, 0.3) is 10.8 Å². The quantitative estimate of drug-likeness (QED) is 0.185. The summed E-state index contributed by atoms with van der Waals surface area (Å²) in [4.78, 5) is 0. The zero-order valence-corrected chi connectivity index (χ0v) is 19.0. The van der Waals surface area contributed by atoms with Gasteiger partial charge < -0.3 is 0 Å². The third-order valence-corrected chi connectivity index (χ3v) is 6.05. The maximum Gasteiger partial charge on any atom is -0.0181 e. The fraction of sp³-hybridized carbons (Fsp3) is 0.586. The number of benzene rings is 2. The molecule has 29 heavy (non-hydrogen) atoms. The summed E-state index contributed by atoms with van der Waals surface area (Å²) in [6.45, 7) is 2.21. The van der Waals surface area contributed by atoms with Gasteiger partial charge in [-0.25, -0.2) is 0 Å². The first-order valence-electron chi connectivity index (χ1n) is 12.5. The zero-order chi connectivity index (χ0) is 20.4. The molecule has 0 N–H and O–H groups in total. The molecule has 2 rings (SSSR count). The molecular formula is C29H44. The van der Waals surface area contributed by atoms with E-state index in [1.807, 2.05) is 0 Å². The molecule has 0 saturated carbocycles. The standard InChI is InChI=1S/C29H44/c1-2-3-4-5-6-7-8-9-10-11-12-13-14-15-16-17-18-21-27-24-25-28-22-19-20-23-29(28)26-27/h3-4,19-20,22-26H,2,5-18,21H2,1H3/b4-3+. The zero-order valence-electron chi connectivity index (χ0n) is 19.0. The fourth-order valence-electron chi connectivity index (χ4n) is 4.21. The fourth-order valence-corrected chi connectivity index (χ4v) is 4.21. The maximum atomic E-state index is 2.37. The summed E-state index contributed by atoms with van der Waals surface area (Å²) in [6.07, 6.45) is 26.9. The first-order chi connectivity index (χ1) is 14.4. The molecule has 0 atom stereocenters. The Morgan fingerprint density at radius 3 is 1.72 bits per heavy atom. The van der Waals surface area contributed by atoms with E-state index < -0.39 is 0 Å². The Hall–Kier alpha value is -1.56. The van der Waals surface area contributed by atoms with Gasteiger partial charge in [0.15, 0.2) is 0 Å². The van der Waals surface area contributed by atoms with E-state index in [1.54, 1.807) is 0 Å². The molecule has 0 aromatic heterocycles. The number of aryl methyl sites for hydroxylation is 1. The number of allylic oxidation sites excluding steroid dienone is 2. The van der Waals surface area contributed by atoms with E-state index in [-0.39, 0.29) is 0 Å². The van der Waals surface area contributed by atoms with Crippen LogP contribution in [0.3, 0.4) is 0 Å². The third-order valence-electron chi connectivity index (χ3n) is 6.05. The second-order valence-corrected chi connectivity index (χ2v) is 8.70. The van der Waals surface area contributed by atoms with Crippen LogP contribution in [0.1, 0.15) is 109 Å². The minimum absolute atomic E-state index is 1.19. The van der Waals surface area contributed by atoms with E-state index >= 15 is 0 Å². The predicted octanol–water partition coefficient (Wildman–Crippen LogP) is 9.81. The van der Waals surface area contributed by atoms with Crippen molar-refractivity contribution < 1.29 is 0 Å². The molecule has 0 unspecified atom stereocenters. The molecule has 0 heteroatoms. The molecule has 0 radical (unpaired) electrons. The first kappa shape index (κ1) is 23.7. The minimum atomic E-state index is 1.19. The smallest absolute Gasteiger partial charge is 0.0181 e. The minimum Gasteiger partial charge on any atom is -0.0888 e. The lowest BCUT2D eigenvalue weighted by molar-refractivity contribution is 0.537. The van der Waals surface area contributed by atoms with Gasteiger partial charge in [-0.1, -0.05) is 132 Å². The monoisotopic (exact) mass is 392 g/mol. The van der Waals surface area contributed by atoms with Gasteiger partial charge in [-0.05, 0) is 48.4 Å². The number of fused-ring (bicyclic) bond motifs is 1. The Bertz CT molecular complexity index is 667. The van der Waals surface area contributed by atoms with Crippen molar-refractivity contribution in [1.82, 2.24) is 0 Å². The van der Waals surface area contributed by atoms with Gasteiger partial charge in [0.2, 0.25) is 0 Å². The maximum absolute atomic E-state index is 2.37. The van der Waals surface area contributed by atoms with Gasteiger partial charge in [0.05, 0.1) is 0 Å². The van der Waals surface area contributed by atoms with Crippen molar-refractivity contribution in [3.05, 3.63) is 60.2 Å². The third kappa shape index (κ3) is 11.3. The van der Waals surface area contributed by atoms with Crippen LogP contribution in [0.4, 0.5) is 0 Å². The van der Waals surface area contributed by atoms with Gasteiger partial charge in [0, 0.05) is 0 Å². The van der Waals surface area contributed by atoms with Crippen LogP contribution in [0, 0.1) is 0 Å². The number of hydrogen-bond acceptors (Lipinski definition) is 0. The Balaban J connectivity index is 1.34. The molecule has 0 nitrogen and oxygen atoms in total. The second-order valence-electron chi connectivity index (χ2n) is 8.70. The number of hydrogen-bond donors (Lipinski definition) is 0. The van der Waals surface area contributed by atoms with Crippen LogP contribution >= 0.6 is 0 Å². The van der Waals surface area contributed by atoms with Crippen LogP contribution in [-0.4, -0.2) is 0 Å². The van der Waals surface area contributed by atoms with Gasteiger partial charge >= 0.3 is 0 Å². The molecule has 0 spiro atoms. The normalized spacial score (nSPS) is 11.6. The highest BCUT2D eigenvalue weighted by atomic mass is 14.0. The molecule has 0 amide bonds. The summed E-state index contributed by atoms with van der Waals surface area (Å²) in [6, 6.07) is 15.6. The van der Waals surface area contributed by atoms with E-state index in [0.717, 1.165) is 0 Å². The largest absolute Gasteiger partial charge is 0.0888 e. The van der Waals surface area contributed by atoms with Crippen molar-refractivity contribution in [3.8, 4) is 0 Å². The lowest BCUT2D eigenvalue weighted by Gasteiger charge is -2.05. The van der Waals surface area contributed by atoms with Crippen molar-refractivity contribution in [2.75, 3.05) is 0 Å². The van der Waals surface area contributed by atoms with E-state index in [1.165, 1.54) is 119 Å². The summed E-state index contributed by atoms with van der Waals surface area (Å²) < 4.78 is 0. The SMILES string of the molecule is CC/C=C/CCCCCCCCCCCCCCCc1ccc2ccccc2c1. The number of unbranched alkanes of at least 4 members (excludes halogenated alkanes) is 13. The van der Waals surface area contributed by atoms with Crippen LogP contribution in [0.2, 0.25) is 0 Å². The van der Waals surface area contributed by atoms with Crippen LogP contribution in [0.15, 0.2) is 54.6 Å². The lowest BCUT2D eigenvalue weighted by atomic mass is 10.0. The average molecular weight is 393 g/mol. The molecule has 160 valence electrons. The predicted molar refractivity (Wildman–Crippen MR) is 132 cm³/mol. The van der Waals surface area contributed by atoms with Gasteiger partial charge in [-0.3, -0.25) is 0 Å². The van der Waals surface area contributed by atoms with Crippen molar-refractivity contribution in [3.63, 3.8) is 0 Å². The second kappa shape index (κ2) is 16.3. The molecular weight excluding hydrogens is 348 g/mol. The highest BCUT2D eigenvalue weighted by Crippen LogP contribution is 2.18. The van der Waals surface area contributed by atoms with Gasteiger partial charge in [0.25, 0.3) is 0 Å². The molecule has 2 aromatic carbocycles. The van der Waals surface area contributed by atoms with Gasteiger partial charge in [-0.2, -0.15) is 0 Å². The Morgan fingerprint density at radius 1 is 0.552 bits per heavy atom. The van der Waals surface area contributed by atoms with E-state index in [0.29, 0.717) is 0 Å². The molecule has 0 heterocycles. The topological polar surface area (TPSA) is 0 Å². The summed E-state index contributed by atoms with van der Waals surface area (Å²) in [7, 11) is 0. The van der Waals surface area contributed by atoms with Gasteiger partial charge in [0.1, 0.15) is 0 Å². The van der Waals surface area contributed by atoms with Crippen LogP contribution in [-0.2, 0) is 6.42 Å².